The van der Waals surface area contributed by atoms with Gasteiger partial charge >= 0.3 is 12.0 Å². The van der Waals surface area contributed by atoms with Crippen molar-refractivity contribution in [1.29, 1.82) is 0 Å². The Bertz CT molecular complexity index is 708. The van der Waals surface area contributed by atoms with Crippen molar-refractivity contribution in [1.82, 2.24) is 15.5 Å². The van der Waals surface area contributed by atoms with Gasteiger partial charge in [0.1, 0.15) is 12.4 Å². The fourth-order valence-electron chi connectivity index (χ4n) is 2.81. The number of hydrogen-bond acceptors (Lipinski definition) is 5. The molecule has 2 amide bonds. The fourth-order valence-corrected chi connectivity index (χ4v) is 2.99. The normalized spacial score (nSPS) is 16.8. The van der Waals surface area contributed by atoms with Crippen LogP contribution in [0.25, 0.3) is 0 Å². The van der Waals surface area contributed by atoms with Crippen LogP contribution in [0.5, 0.6) is 5.75 Å². The summed E-state index contributed by atoms with van der Waals surface area (Å²) in [5.41, 5.74) is 1.04. The van der Waals surface area contributed by atoms with E-state index in [1.54, 1.807) is 19.1 Å². The van der Waals surface area contributed by atoms with Gasteiger partial charge in [-0.1, -0.05) is 24.6 Å². The van der Waals surface area contributed by atoms with Gasteiger partial charge in [0.05, 0.1) is 18.2 Å². The highest BCUT2D eigenvalue weighted by Gasteiger charge is 2.31. The van der Waals surface area contributed by atoms with E-state index in [1.165, 1.54) is 0 Å². The van der Waals surface area contributed by atoms with Crippen molar-refractivity contribution < 1.29 is 19.1 Å². The van der Waals surface area contributed by atoms with Crippen LogP contribution in [0.3, 0.4) is 0 Å². The smallest absolute Gasteiger partial charge is 0.337 e. The molecular formula is C19H26ClN3O4. The van der Waals surface area contributed by atoms with Gasteiger partial charge in [-0.05, 0) is 38.6 Å². The second-order valence-electron chi connectivity index (χ2n) is 6.22. The van der Waals surface area contributed by atoms with Crippen molar-refractivity contribution >= 4 is 23.6 Å². The summed E-state index contributed by atoms with van der Waals surface area (Å²) in [5, 5.41) is 6.13. The van der Waals surface area contributed by atoms with Gasteiger partial charge in [-0.25, -0.2) is 9.59 Å². The van der Waals surface area contributed by atoms with Gasteiger partial charge in [0.2, 0.25) is 0 Å². The lowest BCUT2D eigenvalue weighted by atomic mass is 10.00. The van der Waals surface area contributed by atoms with Crippen molar-refractivity contribution in [2.75, 3.05) is 33.4 Å². The van der Waals surface area contributed by atoms with E-state index in [0.29, 0.717) is 48.2 Å². The van der Waals surface area contributed by atoms with Crippen LogP contribution < -0.4 is 15.4 Å². The van der Waals surface area contributed by atoms with Crippen molar-refractivity contribution in [2.45, 2.75) is 26.3 Å². The largest absolute Gasteiger partial charge is 0.492 e. The van der Waals surface area contributed by atoms with Crippen LogP contribution in [0.2, 0.25) is 5.02 Å². The molecule has 1 aromatic rings. The van der Waals surface area contributed by atoms with Gasteiger partial charge in [-0.3, -0.25) is 4.90 Å². The molecule has 1 heterocycles. The molecule has 0 saturated carbocycles. The lowest BCUT2D eigenvalue weighted by molar-refractivity contribution is -0.139. The summed E-state index contributed by atoms with van der Waals surface area (Å²) in [6.45, 7) is 5.40. The molecule has 0 radical (unpaired) electrons. The molecule has 1 aliphatic rings. The quantitative estimate of drug-likeness (QED) is 0.628. The highest BCUT2D eigenvalue weighted by molar-refractivity contribution is 6.30. The molecule has 0 fully saturated rings. The number of nitrogens with zero attached hydrogens (tertiary/aromatic N) is 1. The first-order chi connectivity index (χ1) is 12.9. The molecule has 1 aromatic carbocycles. The minimum Gasteiger partial charge on any atom is -0.492 e. The third kappa shape index (κ3) is 6.15. The molecule has 0 unspecified atom stereocenters. The van der Waals surface area contributed by atoms with Gasteiger partial charge in [-0.2, -0.15) is 0 Å². The Kier molecular flexibility index (Phi) is 7.94. The molecular weight excluding hydrogens is 370 g/mol. The average Bonchev–Trinajstić information content (AvgIpc) is 2.61. The molecule has 0 spiro atoms. The Morgan fingerprint density at radius 3 is 2.78 bits per heavy atom. The second-order valence-corrected chi connectivity index (χ2v) is 6.65. The van der Waals surface area contributed by atoms with E-state index >= 15 is 0 Å². The van der Waals surface area contributed by atoms with E-state index in [-0.39, 0.29) is 18.7 Å². The number of hydrogen-bond donors (Lipinski definition) is 2. The summed E-state index contributed by atoms with van der Waals surface area (Å²) >= 11 is 5.94. The summed E-state index contributed by atoms with van der Waals surface area (Å²) < 4.78 is 10.9. The monoisotopic (exact) mass is 395 g/mol. The number of carbonyl (C=O) groups excluding carboxylic acids is 2. The van der Waals surface area contributed by atoms with E-state index in [0.717, 1.165) is 0 Å². The molecule has 0 saturated heterocycles. The number of rotatable bonds is 9. The third-order valence-electron chi connectivity index (χ3n) is 4.11. The molecule has 2 rings (SSSR count). The number of nitrogens with one attached hydrogen (secondary N) is 2. The minimum atomic E-state index is -0.407. The molecule has 1 atom stereocenters. The Balaban J connectivity index is 2.01. The van der Waals surface area contributed by atoms with E-state index < -0.39 is 5.97 Å². The van der Waals surface area contributed by atoms with Crippen LogP contribution in [0, 0.1) is 0 Å². The highest BCUT2D eigenvalue weighted by atomic mass is 35.5. The van der Waals surface area contributed by atoms with Crippen molar-refractivity contribution in [3.63, 3.8) is 0 Å². The summed E-state index contributed by atoms with van der Waals surface area (Å²) in [6, 6.07) is 6.53. The number of halogens is 1. The third-order valence-corrected chi connectivity index (χ3v) is 4.35. The Morgan fingerprint density at radius 2 is 2.11 bits per heavy atom. The predicted octanol–water partition coefficient (Wildman–Crippen LogP) is 2.56. The van der Waals surface area contributed by atoms with Crippen LogP contribution in [-0.4, -0.2) is 56.3 Å². The molecule has 8 heteroatoms. The van der Waals surface area contributed by atoms with E-state index in [1.807, 2.05) is 31.0 Å². The summed E-state index contributed by atoms with van der Waals surface area (Å²) in [6.07, 6.45) is 0.604. The summed E-state index contributed by atoms with van der Waals surface area (Å²) in [4.78, 5) is 26.3. The van der Waals surface area contributed by atoms with Gasteiger partial charge in [0, 0.05) is 23.8 Å². The molecule has 2 N–H and O–H groups in total. The van der Waals surface area contributed by atoms with Crippen LogP contribution in [0.1, 0.15) is 20.3 Å². The zero-order valence-corrected chi connectivity index (χ0v) is 16.6. The molecule has 0 aromatic heterocycles. The topological polar surface area (TPSA) is 79.9 Å². The zero-order valence-electron chi connectivity index (χ0n) is 15.9. The fraction of sp³-hybridized carbons (Fsp3) is 0.474. The number of urea groups is 1. The van der Waals surface area contributed by atoms with Gasteiger partial charge in [-0.15, -0.1) is 0 Å². The Morgan fingerprint density at radius 1 is 1.33 bits per heavy atom. The molecule has 1 aliphatic heterocycles. The first-order valence-corrected chi connectivity index (χ1v) is 9.37. The molecule has 0 bridgehead atoms. The number of ether oxygens (including phenoxy) is 2. The van der Waals surface area contributed by atoms with Gasteiger partial charge < -0.3 is 20.1 Å². The van der Waals surface area contributed by atoms with Crippen LogP contribution in [-0.2, 0) is 9.53 Å². The molecule has 0 aliphatic carbocycles. The first-order valence-electron chi connectivity index (χ1n) is 8.99. The maximum atomic E-state index is 12.4. The van der Waals surface area contributed by atoms with Crippen LogP contribution in [0.4, 0.5) is 4.79 Å². The van der Waals surface area contributed by atoms with E-state index in [2.05, 4.69) is 10.6 Å². The molecule has 148 valence electrons. The number of carbonyl (C=O) groups is 2. The number of likely N-dealkylation sites (N-methyl/N-ethyl adjacent to an activating group) is 1. The highest BCUT2D eigenvalue weighted by Crippen LogP contribution is 2.18. The van der Waals surface area contributed by atoms with Crippen molar-refractivity contribution in [3.05, 3.63) is 40.6 Å². The maximum Gasteiger partial charge on any atom is 0.337 e. The van der Waals surface area contributed by atoms with Crippen LogP contribution in [0.15, 0.2) is 35.5 Å². The SMILES string of the molecule is CCOC(=O)C1=C(CN(C)CCOc2cccc(Cl)c2)NC(=O)N[C@@H]1CC. The standard InChI is InChI=1S/C19H26ClN3O4/c1-4-15-17(18(24)26-5-2)16(22-19(25)21-15)12-23(3)9-10-27-14-8-6-7-13(20)11-14/h6-8,11,15H,4-5,9-10,12H2,1-3H3,(H2,21,22,25)/t15-/m1/s1. The molecule has 7 nitrogen and oxygen atoms in total. The Labute approximate surface area is 164 Å². The Hall–Kier alpha value is -2.25. The summed E-state index contributed by atoms with van der Waals surface area (Å²) in [7, 11) is 1.90. The number of esters is 1. The van der Waals surface area contributed by atoms with E-state index in [4.69, 9.17) is 21.1 Å². The number of amides is 2. The number of benzene rings is 1. The van der Waals surface area contributed by atoms with Crippen molar-refractivity contribution in [2.24, 2.45) is 0 Å². The maximum absolute atomic E-state index is 12.4. The van der Waals surface area contributed by atoms with Gasteiger partial charge in [0.25, 0.3) is 0 Å². The van der Waals surface area contributed by atoms with Gasteiger partial charge in [0.15, 0.2) is 0 Å². The zero-order chi connectivity index (χ0) is 19.8. The summed E-state index contributed by atoms with van der Waals surface area (Å²) in [5.74, 6) is 0.291. The minimum absolute atomic E-state index is 0.281. The first kappa shape index (κ1) is 21.1. The predicted molar refractivity (Wildman–Crippen MR) is 104 cm³/mol. The lowest BCUT2D eigenvalue weighted by Gasteiger charge is -2.30. The van der Waals surface area contributed by atoms with Crippen molar-refractivity contribution in [3.8, 4) is 5.75 Å². The van der Waals surface area contributed by atoms with E-state index in [9.17, 15) is 9.59 Å². The lowest BCUT2D eigenvalue weighted by Crippen LogP contribution is -2.52. The molecule has 27 heavy (non-hydrogen) atoms. The average molecular weight is 396 g/mol. The van der Waals surface area contributed by atoms with Crippen LogP contribution >= 0.6 is 11.6 Å². The second kappa shape index (κ2) is 10.2.